The van der Waals surface area contributed by atoms with Gasteiger partial charge in [-0.2, -0.15) is 0 Å². The number of hydrogen-bond donors (Lipinski definition) is 3. The highest BCUT2D eigenvalue weighted by Crippen LogP contribution is 2.40. The second-order valence-electron chi connectivity index (χ2n) is 13.2. The smallest absolute Gasteiger partial charge is 0.348 e. The molecule has 0 bridgehead atoms. The summed E-state index contributed by atoms with van der Waals surface area (Å²) in [5.41, 5.74) is 3.34. The normalized spacial score (nSPS) is 12.9. The number of halogens is 6. The molecular formula is C37H31Br4F2N5O7S. The summed E-state index contributed by atoms with van der Waals surface area (Å²) in [6.45, 7) is 4.23. The van der Waals surface area contributed by atoms with Crippen molar-refractivity contribution >= 4 is 114 Å². The first-order chi connectivity index (χ1) is 26.4. The topological polar surface area (TPSA) is 165 Å². The Morgan fingerprint density at radius 3 is 1.61 bits per heavy atom. The lowest BCUT2D eigenvalue weighted by Crippen LogP contribution is -2.29. The number of anilines is 1. The fourth-order valence-corrected chi connectivity index (χ4v) is 8.90. The van der Waals surface area contributed by atoms with E-state index in [0.29, 0.717) is 69.0 Å². The van der Waals surface area contributed by atoms with E-state index >= 15 is 8.78 Å². The number of carbonyl (C=O) groups is 2. The van der Waals surface area contributed by atoms with Gasteiger partial charge in [-0.05, 0) is 129 Å². The van der Waals surface area contributed by atoms with Crippen LogP contribution < -0.4 is 14.2 Å². The van der Waals surface area contributed by atoms with E-state index in [9.17, 15) is 18.0 Å². The molecule has 6 aromatic rings. The molecule has 0 spiro atoms. The van der Waals surface area contributed by atoms with Crippen molar-refractivity contribution in [2.75, 3.05) is 11.0 Å². The van der Waals surface area contributed by atoms with Crippen LogP contribution in [-0.2, 0) is 43.6 Å². The molecule has 56 heavy (non-hydrogen) atoms. The Labute approximate surface area is 353 Å². The van der Waals surface area contributed by atoms with Gasteiger partial charge >= 0.3 is 11.9 Å². The van der Waals surface area contributed by atoms with E-state index in [0.717, 1.165) is 29.5 Å². The van der Waals surface area contributed by atoms with Crippen LogP contribution in [0.3, 0.4) is 0 Å². The first-order valence-electron chi connectivity index (χ1n) is 16.7. The number of carbonyl (C=O) groups excluding carboxylic acids is 2. The molecule has 2 heterocycles. The monoisotopic (exact) mass is 1040 g/mol. The van der Waals surface area contributed by atoms with Gasteiger partial charge in [0.15, 0.2) is 11.5 Å². The quantitative estimate of drug-likeness (QED) is 0.0711. The molecule has 0 aliphatic heterocycles. The number of nitrogens with one attached hydrogen (secondary N) is 3. The molecule has 2 atom stereocenters. The van der Waals surface area contributed by atoms with E-state index in [-0.39, 0.29) is 5.95 Å². The minimum atomic E-state index is -3.54. The molecular weight excluding hydrogens is 1020 g/mol. The Morgan fingerprint density at radius 2 is 1.16 bits per heavy atom. The largest absolute Gasteiger partial charge is 0.455 e. The Balaban J connectivity index is 1.03. The van der Waals surface area contributed by atoms with Crippen molar-refractivity contribution < 1.29 is 41.0 Å². The molecule has 0 amide bonds. The number of rotatable bonds is 14. The highest BCUT2D eigenvalue weighted by atomic mass is 79.9. The standard InChI is InChI=1S/C37H31Br4F2N5O7S/c1-17(2)8-32-44-28-6-4-20(15-30(28)45-32)53-33-22(38)9-18(10-23(33)39)13-26(42)35(49)55-36(50)27(43)14-19-11-24(40)34(25(41)12-19)54-21-5-7-29-31(16-21)47-37(46-29)48-56(3,51)52/h4-7,9-12,15-17,26-27H,8,13-14H2,1-3H3,(H,44,45)(H2,46,47,48)/t26-,27?/m0/s1. The number of H-pyrrole nitrogens is 2. The van der Waals surface area contributed by atoms with Crippen LogP contribution in [-0.4, -0.2) is 58.9 Å². The molecule has 2 aromatic heterocycles. The Hall–Kier alpha value is -3.91. The van der Waals surface area contributed by atoms with Crippen LogP contribution in [0.5, 0.6) is 23.0 Å². The second kappa shape index (κ2) is 17.3. The van der Waals surface area contributed by atoms with Gasteiger partial charge in [-0.15, -0.1) is 0 Å². The molecule has 3 N–H and O–H groups in total. The van der Waals surface area contributed by atoms with E-state index in [2.05, 4.69) is 107 Å². The number of benzene rings is 4. The number of esters is 2. The predicted molar refractivity (Wildman–Crippen MR) is 221 cm³/mol. The van der Waals surface area contributed by atoms with E-state index in [1.165, 1.54) is 12.1 Å². The van der Waals surface area contributed by atoms with Crippen LogP contribution in [0.25, 0.3) is 22.1 Å². The van der Waals surface area contributed by atoms with Crippen molar-refractivity contribution in [2.45, 2.75) is 45.5 Å². The average Bonchev–Trinajstić information content (AvgIpc) is 3.68. The van der Waals surface area contributed by atoms with Crippen molar-refractivity contribution in [3.63, 3.8) is 0 Å². The van der Waals surface area contributed by atoms with E-state index in [1.54, 1.807) is 36.4 Å². The summed E-state index contributed by atoms with van der Waals surface area (Å²) in [5.74, 6) is -0.0386. The Morgan fingerprint density at radius 1 is 0.714 bits per heavy atom. The summed E-state index contributed by atoms with van der Waals surface area (Å²) in [6.07, 6.45) is -3.66. The summed E-state index contributed by atoms with van der Waals surface area (Å²) in [7, 11) is -3.54. The van der Waals surface area contributed by atoms with E-state index < -0.39 is 47.1 Å². The first kappa shape index (κ1) is 41.7. The molecule has 12 nitrogen and oxygen atoms in total. The lowest BCUT2D eigenvalue weighted by Gasteiger charge is -2.14. The van der Waals surface area contributed by atoms with E-state index in [4.69, 9.17) is 9.47 Å². The summed E-state index contributed by atoms with van der Waals surface area (Å²) in [4.78, 5) is 40.0. The number of imidazole rings is 2. The van der Waals surface area contributed by atoms with Gasteiger partial charge < -0.3 is 24.2 Å². The number of aromatic nitrogens is 4. The van der Waals surface area contributed by atoms with Crippen molar-refractivity contribution in [3.05, 3.63) is 95.5 Å². The average molecular weight is 1050 g/mol. The zero-order valence-electron chi connectivity index (χ0n) is 29.6. The molecule has 294 valence electrons. The molecule has 0 aliphatic carbocycles. The van der Waals surface area contributed by atoms with Crippen LogP contribution in [0.1, 0.15) is 30.8 Å². The number of ether oxygens (including phenoxy) is 3. The maximum absolute atomic E-state index is 15.1. The first-order valence-corrected chi connectivity index (χ1v) is 21.8. The zero-order chi connectivity index (χ0) is 40.5. The predicted octanol–water partition coefficient (Wildman–Crippen LogP) is 10.2. The third-order valence-electron chi connectivity index (χ3n) is 7.94. The van der Waals surface area contributed by atoms with Crippen LogP contribution in [0.2, 0.25) is 0 Å². The van der Waals surface area contributed by atoms with Gasteiger partial charge in [-0.3, -0.25) is 4.72 Å². The highest BCUT2D eigenvalue weighted by molar-refractivity contribution is 9.11. The van der Waals surface area contributed by atoms with Crippen molar-refractivity contribution in [1.29, 1.82) is 0 Å². The summed E-state index contributed by atoms with van der Waals surface area (Å²) in [6, 6.07) is 16.5. The molecule has 0 saturated carbocycles. The fourth-order valence-electron chi connectivity index (χ4n) is 5.56. The molecule has 19 heteroatoms. The third-order valence-corrected chi connectivity index (χ3v) is 10.9. The van der Waals surface area contributed by atoms with Crippen LogP contribution in [0.15, 0.2) is 78.6 Å². The molecule has 6 rings (SSSR count). The van der Waals surface area contributed by atoms with Gasteiger partial charge in [0.05, 0.1) is 46.2 Å². The van der Waals surface area contributed by atoms with Crippen molar-refractivity contribution in [1.82, 2.24) is 19.9 Å². The zero-order valence-corrected chi connectivity index (χ0v) is 36.7. The third kappa shape index (κ3) is 10.5. The van der Waals surface area contributed by atoms with E-state index in [1.807, 2.05) is 12.1 Å². The van der Waals surface area contributed by atoms with Gasteiger partial charge in [-0.25, -0.2) is 36.8 Å². The van der Waals surface area contributed by atoms with Gasteiger partial charge in [-0.1, -0.05) is 13.8 Å². The van der Waals surface area contributed by atoms with Crippen LogP contribution in [0, 0.1) is 5.92 Å². The summed E-state index contributed by atoms with van der Waals surface area (Å²) in [5, 5.41) is 0. The SMILES string of the molecule is CC(C)Cc1nc2ccc(Oc3c(Br)cc(C[C@H](F)C(=O)OC(=O)C(F)Cc4cc(Br)c(Oc5ccc6nc(NS(C)(=O)=O)[nH]c6c5)c(Br)c4)cc3Br)cc2[nH]1. The molecule has 0 fully saturated rings. The van der Waals surface area contributed by atoms with Gasteiger partial charge in [0.2, 0.25) is 28.3 Å². The number of fused-ring (bicyclic) bond motifs is 2. The summed E-state index contributed by atoms with van der Waals surface area (Å²) < 4.78 is 73.9. The maximum atomic E-state index is 15.1. The van der Waals surface area contributed by atoms with Gasteiger partial charge in [0, 0.05) is 31.4 Å². The molecule has 4 aromatic carbocycles. The number of alkyl halides is 2. The molecule has 0 radical (unpaired) electrons. The highest BCUT2D eigenvalue weighted by Gasteiger charge is 2.29. The van der Waals surface area contributed by atoms with Crippen LogP contribution >= 0.6 is 63.7 Å². The Kier molecular flexibility index (Phi) is 12.9. The second-order valence-corrected chi connectivity index (χ2v) is 18.3. The number of sulfonamides is 1. The lowest BCUT2D eigenvalue weighted by atomic mass is 10.1. The lowest BCUT2D eigenvalue weighted by molar-refractivity contribution is -0.166. The minimum absolute atomic E-state index is 0.0449. The number of nitrogens with zero attached hydrogens (tertiary/aromatic N) is 2. The number of hydrogen-bond acceptors (Lipinski definition) is 9. The molecule has 0 aliphatic rings. The van der Waals surface area contributed by atoms with Gasteiger partial charge in [0.1, 0.15) is 17.3 Å². The van der Waals surface area contributed by atoms with Crippen molar-refractivity contribution in [2.24, 2.45) is 5.92 Å². The summed E-state index contributed by atoms with van der Waals surface area (Å²) >= 11 is 13.7. The Bertz CT molecular complexity index is 2540. The van der Waals surface area contributed by atoms with Crippen molar-refractivity contribution in [3.8, 4) is 23.0 Å². The minimum Gasteiger partial charge on any atom is -0.455 e. The van der Waals surface area contributed by atoms with Crippen LogP contribution in [0.4, 0.5) is 14.7 Å². The molecule has 1 unspecified atom stereocenters. The number of aromatic amines is 2. The maximum Gasteiger partial charge on any atom is 0.348 e. The molecule has 0 saturated heterocycles. The van der Waals surface area contributed by atoms with Gasteiger partial charge in [0.25, 0.3) is 0 Å². The fraction of sp³-hybridized carbons (Fsp3) is 0.243.